The molecule has 4 nitrogen and oxygen atoms in total. The summed E-state index contributed by atoms with van der Waals surface area (Å²) in [6, 6.07) is 18.7. The molecule has 0 aromatic heterocycles. The van der Waals surface area contributed by atoms with Gasteiger partial charge in [-0.05, 0) is 50.0 Å². The van der Waals surface area contributed by atoms with Gasteiger partial charge in [0.25, 0.3) is 0 Å². The number of likely N-dealkylation sites (N-methyl/N-ethyl adjacent to an activating group) is 1. The van der Waals surface area contributed by atoms with E-state index in [-0.39, 0.29) is 12.1 Å². The zero-order valence-electron chi connectivity index (χ0n) is 15.9. The molecule has 144 valence electrons. The van der Waals surface area contributed by atoms with Crippen molar-refractivity contribution >= 4 is 34.6 Å². The Morgan fingerprint density at radius 3 is 2.41 bits per heavy atom. The molecule has 27 heavy (non-hydrogen) atoms. The molecule has 1 aliphatic heterocycles. The maximum absolute atomic E-state index is 6.06. The molecule has 1 aliphatic rings. The molecule has 1 saturated heterocycles. The van der Waals surface area contributed by atoms with E-state index in [0.29, 0.717) is 10.1 Å². The summed E-state index contributed by atoms with van der Waals surface area (Å²) in [7, 11) is 2.18. The molecule has 1 fully saturated rings. The van der Waals surface area contributed by atoms with Crippen LogP contribution in [0.15, 0.2) is 54.6 Å². The monoisotopic (exact) mass is 402 g/mol. The lowest BCUT2D eigenvalue weighted by Crippen LogP contribution is -2.52. The maximum atomic E-state index is 6.06. The van der Waals surface area contributed by atoms with Gasteiger partial charge in [0, 0.05) is 42.9 Å². The highest BCUT2D eigenvalue weighted by atomic mass is 35.5. The van der Waals surface area contributed by atoms with Crippen molar-refractivity contribution in [1.82, 2.24) is 15.1 Å². The fourth-order valence-electron chi connectivity index (χ4n) is 3.59. The molecule has 0 aliphatic carbocycles. The van der Waals surface area contributed by atoms with Crippen LogP contribution in [-0.4, -0.2) is 54.2 Å². The first-order valence-corrected chi connectivity index (χ1v) is 10.1. The zero-order chi connectivity index (χ0) is 19.2. The Morgan fingerprint density at radius 1 is 1.04 bits per heavy atom. The standard InChI is InChI=1S/C21H27ClN4S/c1-16(23-21(27)24-19-10-6-9-18(22)15-19)20(17-7-4-3-5-8-17)26-13-11-25(2)12-14-26/h3-10,15-16,20H,11-14H2,1-2H3,(H2,23,24,27)/t16-,20+/m0/s1. The minimum Gasteiger partial charge on any atom is -0.358 e. The van der Waals surface area contributed by atoms with Gasteiger partial charge in [0.1, 0.15) is 0 Å². The van der Waals surface area contributed by atoms with Gasteiger partial charge in [0.15, 0.2) is 5.11 Å². The van der Waals surface area contributed by atoms with Gasteiger partial charge in [-0.25, -0.2) is 0 Å². The van der Waals surface area contributed by atoms with Crippen molar-refractivity contribution in [3.8, 4) is 0 Å². The Bertz CT molecular complexity index is 747. The Balaban J connectivity index is 1.70. The molecule has 1 heterocycles. The minimum atomic E-state index is 0.162. The molecule has 0 bridgehead atoms. The van der Waals surface area contributed by atoms with Gasteiger partial charge in [-0.15, -0.1) is 0 Å². The van der Waals surface area contributed by atoms with E-state index in [2.05, 4.69) is 64.7 Å². The third-order valence-electron chi connectivity index (χ3n) is 4.99. The molecule has 0 saturated carbocycles. The van der Waals surface area contributed by atoms with E-state index in [1.54, 1.807) is 0 Å². The van der Waals surface area contributed by atoms with Gasteiger partial charge >= 0.3 is 0 Å². The quantitative estimate of drug-likeness (QED) is 0.738. The van der Waals surface area contributed by atoms with E-state index in [4.69, 9.17) is 23.8 Å². The molecule has 0 spiro atoms. The molecule has 6 heteroatoms. The van der Waals surface area contributed by atoms with Crippen LogP contribution in [0.3, 0.4) is 0 Å². The Kier molecular flexibility index (Phi) is 7.07. The molecule has 0 unspecified atom stereocenters. The van der Waals surface area contributed by atoms with Gasteiger partial charge in [-0.3, -0.25) is 4.90 Å². The summed E-state index contributed by atoms with van der Waals surface area (Å²) >= 11 is 11.6. The lowest BCUT2D eigenvalue weighted by atomic mass is 9.98. The van der Waals surface area contributed by atoms with Crippen molar-refractivity contribution in [2.75, 3.05) is 38.5 Å². The lowest BCUT2D eigenvalue weighted by Gasteiger charge is -2.41. The van der Waals surface area contributed by atoms with Crippen molar-refractivity contribution < 1.29 is 0 Å². The highest BCUT2D eigenvalue weighted by molar-refractivity contribution is 7.80. The van der Waals surface area contributed by atoms with Crippen LogP contribution in [-0.2, 0) is 0 Å². The molecule has 2 N–H and O–H groups in total. The molecule has 2 aromatic rings. The van der Waals surface area contributed by atoms with Crippen LogP contribution in [0.5, 0.6) is 0 Å². The van der Waals surface area contributed by atoms with Crippen molar-refractivity contribution in [2.24, 2.45) is 0 Å². The molecule has 0 amide bonds. The predicted molar refractivity (Wildman–Crippen MR) is 119 cm³/mol. The van der Waals surface area contributed by atoms with Crippen LogP contribution in [0.25, 0.3) is 0 Å². The second kappa shape index (κ2) is 9.51. The van der Waals surface area contributed by atoms with Crippen LogP contribution in [0.2, 0.25) is 5.02 Å². The highest BCUT2D eigenvalue weighted by Gasteiger charge is 2.28. The van der Waals surface area contributed by atoms with Gasteiger partial charge in [-0.2, -0.15) is 0 Å². The van der Waals surface area contributed by atoms with Gasteiger partial charge in [-0.1, -0.05) is 48.0 Å². The Morgan fingerprint density at radius 2 is 1.74 bits per heavy atom. The number of nitrogens with one attached hydrogen (secondary N) is 2. The normalized spacial score (nSPS) is 17.9. The van der Waals surface area contributed by atoms with Crippen LogP contribution >= 0.6 is 23.8 Å². The van der Waals surface area contributed by atoms with E-state index in [0.717, 1.165) is 31.9 Å². The summed E-state index contributed by atoms with van der Waals surface area (Å²) in [6.07, 6.45) is 0. The van der Waals surface area contributed by atoms with E-state index >= 15 is 0 Å². The fraction of sp³-hybridized carbons (Fsp3) is 0.381. The number of nitrogens with zero attached hydrogens (tertiary/aromatic N) is 2. The second-order valence-corrected chi connectivity index (χ2v) is 7.94. The predicted octanol–water partition coefficient (Wildman–Crippen LogP) is 4.00. The molecular formula is C21H27ClN4S. The van der Waals surface area contributed by atoms with E-state index in [9.17, 15) is 0 Å². The van der Waals surface area contributed by atoms with Crippen LogP contribution in [0, 0.1) is 0 Å². The van der Waals surface area contributed by atoms with Crippen LogP contribution in [0.1, 0.15) is 18.5 Å². The van der Waals surface area contributed by atoms with E-state index in [1.807, 2.05) is 24.3 Å². The number of thiocarbonyl (C=S) groups is 1. The topological polar surface area (TPSA) is 30.5 Å². The summed E-state index contributed by atoms with van der Waals surface area (Å²) in [4.78, 5) is 4.93. The van der Waals surface area contributed by atoms with Gasteiger partial charge in [0.05, 0.1) is 6.04 Å². The largest absolute Gasteiger partial charge is 0.358 e. The average molecular weight is 403 g/mol. The van der Waals surface area contributed by atoms with E-state index < -0.39 is 0 Å². The summed E-state index contributed by atoms with van der Waals surface area (Å²) in [5, 5.41) is 8.02. The van der Waals surface area contributed by atoms with Crippen LogP contribution < -0.4 is 10.6 Å². The third-order valence-corrected chi connectivity index (χ3v) is 5.44. The summed E-state index contributed by atoms with van der Waals surface area (Å²) in [5.74, 6) is 0. The zero-order valence-corrected chi connectivity index (χ0v) is 17.4. The minimum absolute atomic E-state index is 0.162. The first-order valence-electron chi connectivity index (χ1n) is 9.33. The summed E-state index contributed by atoms with van der Waals surface area (Å²) < 4.78 is 0. The summed E-state index contributed by atoms with van der Waals surface area (Å²) in [5.41, 5.74) is 2.20. The average Bonchev–Trinajstić information content (AvgIpc) is 2.64. The third kappa shape index (κ3) is 5.66. The molecular weight excluding hydrogens is 376 g/mol. The lowest BCUT2D eigenvalue weighted by molar-refractivity contribution is 0.0973. The molecule has 0 radical (unpaired) electrons. The van der Waals surface area contributed by atoms with Crippen LogP contribution in [0.4, 0.5) is 5.69 Å². The number of hydrogen-bond donors (Lipinski definition) is 2. The second-order valence-electron chi connectivity index (χ2n) is 7.09. The van der Waals surface area contributed by atoms with E-state index in [1.165, 1.54) is 5.56 Å². The van der Waals surface area contributed by atoms with Crippen molar-refractivity contribution in [3.05, 3.63) is 65.2 Å². The maximum Gasteiger partial charge on any atom is 0.171 e. The number of anilines is 1. The summed E-state index contributed by atoms with van der Waals surface area (Å²) in [6.45, 7) is 6.47. The fourth-order valence-corrected chi connectivity index (χ4v) is 4.08. The Labute approximate surface area is 172 Å². The van der Waals surface area contributed by atoms with Crippen molar-refractivity contribution in [2.45, 2.75) is 19.0 Å². The first-order chi connectivity index (χ1) is 13.0. The number of hydrogen-bond acceptors (Lipinski definition) is 3. The molecule has 2 atom stereocenters. The SMILES string of the molecule is C[C@H](NC(=S)Nc1cccc(Cl)c1)[C@H](c1ccccc1)N1CCN(C)CC1. The number of halogens is 1. The van der Waals surface area contributed by atoms with Crippen molar-refractivity contribution in [1.29, 1.82) is 0 Å². The van der Waals surface area contributed by atoms with Crippen molar-refractivity contribution in [3.63, 3.8) is 0 Å². The first kappa shape index (κ1) is 20.1. The number of benzene rings is 2. The molecule has 2 aromatic carbocycles. The smallest absolute Gasteiger partial charge is 0.171 e. The number of piperazine rings is 1. The Hall–Kier alpha value is -1.66. The highest BCUT2D eigenvalue weighted by Crippen LogP contribution is 2.26. The number of rotatable bonds is 5. The van der Waals surface area contributed by atoms with Gasteiger partial charge in [0.2, 0.25) is 0 Å². The van der Waals surface area contributed by atoms with Gasteiger partial charge < -0.3 is 15.5 Å². The molecule has 3 rings (SSSR count).